The van der Waals surface area contributed by atoms with Gasteiger partial charge >= 0.3 is 5.97 Å². The van der Waals surface area contributed by atoms with E-state index in [4.69, 9.17) is 4.74 Å². The summed E-state index contributed by atoms with van der Waals surface area (Å²) in [4.78, 5) is 21.0. The van der Waals surface area contributed by atoms with Gasteiger partial charge in [-0.15, -0.1) is 0 Å². The number of benzene rings is 1. The first kappa shape index (κ1) is 15.1. The summed E-state index contributed by atoms with van der Waals surface area (Å²) in [5.41, 5.74) is -0.0284. The number of ether oxygens (including phenoxy) is 1. The van der Waals surface area contributed by atoms with Crippen molar-refractivity contribution < 1.29 is 14.5 Å². The number of nitro groups is 1. The molecular formula is C12H17NO4. The van der Waals surface area contributed by atoms with Crippen LogP contribution >= 0.6 is 0 Å². The topological polar surface area (TPSA) is 69.4 Å². The van der Waals surface area contributed by atoms with E-state index in [2.05, 4.69) is 0 Å². The summed E-state index contributed by atoms with van der Waals surface area (Å²) < 4.78 is 4.95. The molecule has 0 radical (unpaired) electrons. The Kier molecular flexibility index (Phi) is 6.55. The van der Waals surface area contributed by atoms with Gasteiger partial charge in [0.05, 0.1) is 10.8 Å². The second kappa shape index (κ2) is 7.38. The number of esters is 1. The molecular weight excluding hydrogens is 222 g/mol. The lowest BCUT2D eigenvalue weighted by molar-refractivity contribution is -0.384. The average molecular weight is 239 g/mol. The lowest BCUT2D eigenvalue weighted by atomic mass is 10.2. The number of non-ortho nitro benzene ring substituents is 1. The minimum absolute atomic E-state index is 0.0284. The van der Waals surface area contributed by atoms with Gasteiger partial charge < -0.3 is 4.74 Å². The van der Waals surface area contributed by atoms with Crippen LogP contribution < -0.4 is 4.74 Å². The smallest absolute Gasteiger partial charge is 0.313 e. The van der Waals surface area contributed by atoms with Crippen LogP contribution in [-0.2, 0) is 4.79 Å². The number of carbonyl (C=O) groups is 1. The lowest BCUT2D eigenvalue weighted by Gasteiger charge is -2.05. The first-order valence-corrected chi connectivity index (χ1v) is 5.47. The molecule has 0 saturated carbocycles. The van der Waals surface area contributed by atoms with Crippen molar-refractivity contribution in [3.8, 4) is 5.75 Å². The van der Waals surface area contributed by atoms with Gasteiger partial charge in [0.2, 0.25) is 0 Å². The van der Waals surface area contributed by atoms with Crippen molar-refractivity contribution in [1.82, 2.24) is 0 Å². The van der Waals surface area contributed by atoms with Crippen LogP contribution in [0.15, 0.2) is 24.3 Å². The molecule has 0 heterocycles. The third-order valence-electron chi connectivity index (χ3n) is 1.74. The Bertz CT molecular complexity index is 371. The van der Waals surface area contributed by atoms with Crippen LogP contribution in [-0.4, -0.2) is 10.9 Å². The Hall–Kier alpha value is -1.91. The Balaban J connectivity index is 0.00000121. The maximum atomic E-state index is 11.2. The van der Waals surface area contributed by atoms with E-state index in [9.17, 15) is 14.9 Å². The van der Waals surface area contributed by atoms with Crippen molar-refractivity contribution in [2.45, 2.75) is 27.7 Å². The maximum absolute atomic E-state index is 11.2. The molecule has 0 bridgehead atoms. The molecule has 0 aliphatic heterocycles. The van der Waals surface area contributed by atoms with Crippen LogP contribution in [0, 0.1) is 16.0 Å². The third kappa shape index (κ3) is 5.10. The highest BCUT2D eigenvalue weighted by atomic mass is 16.6. The monoisotopic (exact) mass is 239 g/mol. The Morgan fingerprint density at radius 2 is 1.71 bits per heavy atom. The van der Waals surface area contributed by atoms with E-state index >= 15 is 0 Å². The second-order valence-corrected chi connectivity index (χ2v) is 3.33. The van der Waals surface area contributed by atoms with Crippen LogP contribution in [0.5, 0.6) is 5.75 Å². The molecule has 94 valence electrons. The van der Waals surface area contributed by atoms with E-state index in [0.717, 1.165) is 0 Å². The Morgan fingerprint density at radius 1 is 1.24 bits per heavy atom. The molecule has 0 unspecified atom stereocenters. The zero-order chi connectivity index (χ0) is 13.4. The normalized spacial score (nSPS) is 9.24. The molecule has 0 aliphatic carbocycles. The number of carbonyl (C=O) groups excluding carboxylic acids is 1. The molecule has 1 aromatic carbocycles. The maximum Gasteiger partial charge on any atom is 0.313 e. The van der Waals surface area contributed by atoms with Gasteiger partial charge in [-0.05, 0) is 12.1 Å². The first-order valence-electron chi connectivity index (χ1n) is 5.47. The van der Waals surface area contributed by atoms with Gasteiger partial charge in [-0.25, -0.2) is 0 Å². The fourth-order valence-electron chi connectivity index (χ4n) is 0.870. The fraction of sp³-hybridized carbons (Fsp3) is 0.417. The van der Waals surface area contributed by atoms with Gasteiger partial charge in [0.25, 0.3) is 5.69 Å². The molecule has 1 rings (SSSR count). The molecule has 17 heavy (non-hydrogen) atoms. The predicted molar refractivity (Wildman–Crippen MR) is 64.9 cm³/mol. The minimum Gasteiger partial charge on any atom is -0.426 e. The van der Waals surface area contributed by atoms with Crippen LogP contribution in [0.4, 0.5) is 5.69 Å². The number of hydrogen-bond donors (Lipinski definition) is 0. The zero-order valence-electron chi connectivity index (χ0n) is 10.5. The van der Waals surface area contributed by atoms with Gasteiger partial charge in [-0.1, -0.05) is 27.7 Å². The Labute approximate surface area is 101 Å². The quantitative estimate of drug-likeness (QED) is 0.351. The van der Waals surface area contributed by atoms with Crippen molar-refractivity contribution in [3.63, 3.8) is 0 Å². The predicted octanol–water partition coefficient (Wildman–Crippen LogP) is 3.18. The number of rotatable bonds is 3. The molecule has 1 aromatic rings. The summed E-state index contributed by atoms with van der Waals surface area (Å²) in [6, 6.07) is 5.39. The first-order chi connectivity index (χ1) is 8.00. The van der Waals surface area contributed by atoms with Crippen molar-refractivity contribution in [2.75, 3.05) is 0 Å². The summed E-state index contributed by atoms with van der Waals surface area (Å²) in [5, 5.41) is 10.3. The van der Waals surface area contributed by atoms with Crippen LogP contribution in [0.1, 0.15) is 27.7 Å². The van der Waals surface area contributed by atoms with E-state index in [1.165, 1.54) is 24.3 Å². The van der Waals surface area contributed by atoms with Gasteiger partial charge in [0.15, 0.2) is 0 Å². The van der Waals surface area contributed by atoms with Gasteiger partial charge in [-0.3, -0.25) is 14.9 Å². The number of nitrogens with zero attached hydrogens (tertiary/aromatic N) is 1. The minimum atomic E-state index is -0.506. The number of nitro benzene ring substituents is 1. The average Bonchev–Trinajstić information content (AvgIpc) is 2.32. The molecule has 0 aromatic heterocycles. The van der Waals surface area contributed by atoms with E-state index < -0.39 is 4.92 Å². The summed E-state index contributed by atoms with van der Waals surface area (Å²) in [6.07, 6.45) is 0. The van der Waals surface area contributed by atoms with E-state index in [1.807, 2.05) is 13.8 Å². The zero-order valence-corrected chi connectivity index (χ0v) is 10.5. The molecule has 0 saturated heterocycles. The summed E-state index contributed by atoms with van der Waals surface area (Å²) >= 11 is 0. The van der Waals surface area contributed by atoms with E-state index in [1.54, 1.807) is 13.8 Å². The molecule has 0 aliphatic rings. The highest BCUT2D eigenvalue weighted by Gasteiger charge is 2.10. The standard InChI is InChI=1S/C10H11NO4.C2H6/c1-7(2)10(12)15-9-5-3-8(4-6-9)11(13)14;1-2/h3-7H,1-2H3;1-2H3. The van der Waals surface area contributed by atoms with E-state index in [-0.39, 0.29) is 17.6 Å². The van der Waals surface area contributed by atoms with Crippen LogP contribution in [0.2, 0.25) is 0 Å². The van der Waals surface area contributed by atoms with Gasteiger partial charge in [0.1, 0.15) is 5.75 Å². The van der Waals surface area contributed by atoms with Crippen LogP contribution in [0.3, 0.4) is 0 Å². The lowest BCUT2D eigenvalue weighted by Crippen LogP contribution is -2.14. The molecule has 0 spiro atoms. The molecule has 0 amide bonds. The largest absolute Gasteiger partial charge is 0.426 e. The Morgan fingerprint density at radius 3 is 2.06 bits per heavy atom. The van der Waals surface area contributed by atoms with Crippen molar-refractivity contribution in [2.24, 2.45) is 5.92 Å². The third-order valence-corrected chi connectivity index (χ3v) is 1.74. The molecule has 0 N–H and O–H groups in total. The van der Waals surface area contributed by atoms with Crippen LogP contribution in [0.25, 0.3) is 0 Å². The second-order valence-electron chi connectivity index (χ2n) is 3.33. The molecule has 5 heteroatoms. The fourth-order valence-corrected chi connectivity index (χ4v) is 0.870. The molecule has 0 fully saturated rings. The van der Waals surface area contributed by atoms with Crippen molar-refractivity contribution in [1.29, 1.82) is 0 Å². The van der Waals surface area contributed by atoms with E-state index in [0.29, 0.717) is 5.75 Å². The summed E-state index contributed by atoms with van der Waals surface area (Å²) in [5.74, 6) is -0.261. The van der Waals surface area contributed by atoms with Gasteiger partial charge in [-0.2, -0.15) is 0 Å². The molecule has 0 atom stereocenters. The molecule has 5 nitrogen and oxygen atoms in total. The highest BCUT2D eigenvalue weighted by Crippen LogP contribution is 2.18. The van der Waals surface area contributed by atoms with Crippen molar-refractivity contribution in [3.05, 3.63) is 34.4 Å². The van der Waals surface area contributed by atoms with Crippen molar-refractivity contribution >= 4 is 11.7 Å². The van der Waals surface area contributed by atoms with Gasteiger partial charge in [0, 0.05) is 12.1 Å². The summed E-state index contributed by atoms with van der Waals surface area (Å²) in [6.45, 7) is 7.43. The highest BCUT2D eigenvalue weighted by molar-refractivity contribution is 5.74. The SMILES string of the molecule is CC.CC(C)C(=O)Oc1ccc([N+](=O)[O-])cc1. The summed E-state index contributed by atoms with van der Waals surface area (Å²) in [7, 11) is 0. The number of hydrogen-bond acceptors (Lipinski definition) is 4.